The van der Waals surface area contributed by atoms with Crippen molar-refractivity contribution in [1.82, 2.24) is 0 Å². The van der Waals surface area contributed by atoms with E-state index in [1.165, 1.54) is 21.6 Å². The van der Waals surface area contributed by atoms with Crippen LogP contribution in [0.15, 0.2) is 90.5 Å². The number of carboxylic acid groups (broad SMARTS) is 1. The lowest BCUT2D eigenvalue weighted by Crippen LogP contribution is -2.51. The van der Waals surface area contributed by atoms with Crippen LogP contribution in [0.3, 0.4) is 0 Å². The number of hydrogen-bond donors (Lipinski definition) is 5. The van der Waals surface area contributed by atoms with Crippen molar-refractivity contribution < 1.29 is 30.0 Å². The highest BCUT2D eigenvalue weighted by Crippen LogP contribution is 2.54. The van der Waals surface area contributed by atoms with Crippen LogP contribution < -0.4 is 16.2 Å². The fourth-order valence-electron chi connectivity index (χ4n) is 12.1. The molecule has 0 heterocycles. The van der Waals surface area contributed by atoms with Gasteiger partial charge >= 0.3 is 5.97 Å². The van der Waals surface area contributed by atoms with E-state index < -0.39 is 29.5 Å². The Morgan fingerprint density at radius 3 is 2.45 bits per heavy atom. The lowest BCUT2D eigenvalue weighted by atomic mass is 9.53. The Kier molecular flexibility index (Phi) is 15.8. The summed E-state index contributed by atoms with van der Waals surface area (Å²) in [4.78, 5) is 26.0. The van der Waals surface area contributed by atoms with Gasteiger partial charge in [-0.2, -0.15) is 0 Å². The first kappa shape index (κ1) is 45.7. The van der Waals surface area contributed by atoms with Crippen molar-refractivity contribution in [2.75, 3.05) is 6.54 Å². The normalized spacial score (nSPS) is 27.5. The van der Waals surface area contributed by atoms with Crippen LogP contribution in [0.5, 0.6) is 5.75 Å². The molecule has 0 saturated heterocycles. The lowest BCUT2D eigenvalue weighted by Gasteiger charge is -2.49. The van der Waals surface area contributed by atoms with E-state index >= 15 is 0 Å². The van der Waals surface area contributed by atoms with E-state index in [-0.39, 0.29) is 29.6 Å². The van der Waals surface area contributed by atoms with E-state index in [2.05, 4.69) is 79.7 Å². The Morgan fingerprint density at radius 1 is 0.903 bits per heavy atom. The van der Waals surface area contributed by atoms with Gasteiger partial charge in [0, 0.05) is 17.3 Å². The number of unbranched alkanes of at least 4 members (excludes halogenated alkanes) is 4. The zero-order valence-corrected chi connectivity index (χ0v) is 36.9. The fourth-order valence-corrected chi connectivity index (χ4v) is 12.1. The third kappa shape index (κ3) is 10.5. The maximum absolute atomic E-state index is 13.7. The summed E-state index contributed by atoms with van der Waals surface area (Å²) in [6, 6.07) is 23.2. The number of benzene rings is 3. The van der Waals surface area contributed by atoms with Gasteiger partial charge in [-0.3, -0.25) is 4.79 Å². The van der Waals surface area contributed by atoms with Gasteiger partial charge in [-0.15, -0.1) is 0 Å². The number of fused-ring (bicyclic) bond motifs is 5. The summed E-state index contributed by atoms with van der Waals surface area (Å²) in [7, 11) is 0. The highest BCUT2D eigenvalue weighted by Gasteiger charge is 2.53. The van der Waals surface area contributed by atoms with Gasteiger partial charge < -0.3 is 31.0 Å². The number of aliphatic carboxylic acids is 1. The number of phenols is 1. The molecular formula is C55H71NO6. The number of allylic oxidation sites excluding steroid dienone is 2. The molecule has 1 unspecified atom stereocenters. The highest BCUT2D eigenvalue weighted by atomic mass is 16.5. The Labute approximate surface area is 369 Å². The molecule has 7 rings (SSSR count). The SMILES string of the molecule is CCCCCc1cc(C2Cc3cccc(c3)[C@@]3(CC[C@H]4C=c5ccccc5=C[C@@H]4C3)[C@@H](C(=O)O)[C@H](C(O)O)C=CC[C@H]2CCCCC[C@H](C=O)[C@H]2C=C(CCN)CC2)ccc1O. The predicted octanol–water partition coefficient (Wildman–Crippen LogP) is 9.03. The molecule has 9 atom stereocenters. The average molecular weight is 842 g/mol. The molecule has 0 amide bonds. The molecular weight excluding hydrogens is 771 g/mol. The van der Waals surface area contributed by atoms with E-state index in [4.69, 9.17) is 5.73 Å². The van der Waals surface area contributed by atoms with Crippen molar-refractivity contribution in [3.05, 3.63) is 123 Å². The van der Waals surface area contributed by atoms with Gasteiger partial charge in [-0.05, 0) is 152 Å². The van der Waals surface area contributed by atoms with Crippen LogP contribution in [0.25, 0.3) is 12.2 Å². The van der Waals surface area contributed by atoms with Gasteiger partial charge in [0.05, 0.1) is 5.92 Å². The smallest absolute Gasteiger partial charge is 0.308 e. The number of nitrogens with two attached hydrogens (primary N) is 1. The lowest BCUT2D eigenvalue weighted by molar-refractivity contribution is -0.158. The zero-order chi connectivity index (χ0) is 43.6. The van der Waals surface area contributed by atoms with Crippen LogP contribution in [0.2, 0.25) is 0 Å². The molecule has 332 valence electrons. The van der Waals surface area contributed by atoms with Crippen LogP contribution in [0, 0.1) is 41.4 Å². The van der Waals surface area contributed by atoms with Gasteiger partial charge in [0.15, 0.2) is 6.29 Å². The molecule has 7 nitrogen and oxygen atoms in total. The Morgan fingerprint density at radius 2 is 1.71 bits per heavy atom. The summed E-state index contributed by atoms with van der Waals surface area (Å²) in [6.45, 7) is 2.84. The number of aryl methyl sites for hydroxylation is 1. The molecule has 7 heteroatoms. The number of aldehydes is 1. The number of carbonyl (C=O) groups excluding carboxylic acids is 1. The number of rotatable bonds is 17. The first-order chi connectivity index (χ1) is 30.1. The molecule has 1 saturated carbocycles. The molecule has 6 N–H and O–H groups in total. The number of aliphatic hydroxyl groups excluding tert-OH is 1. The molecule has 0 aromatic heterocycles. The fraction of sp³-hybridized carbons (Fsp3) is 0.527. The minimum absolute atomic E-state index is 0.0324. The first-order valence-corrected chi connectivity index (χ1v) is 23.9. The van der Waals surface area contributed by atoms with Crippen molar-refractivity contribution in [2.45, 2.75) is 134 Å². The number of hydrogen-bond acceptors (Lipinski definition) is 6. The molecule has 3 aromatic carbocycles. The average Bonchev–Trinajstić information content (AvgIpc) is 3.73. The molecule has 3 aromatic rings. The topological polar surface area (TPSA) is 141 Å². The minimum Gasteiger partial charge on any atom is -0.508 e. The molecule has 4 aliphatic carbocycles. The van der Waals surface area contributed by atoms with Crippen molar-refractivity contribution in [3.63, 3.8) is 0 Å². The third-order valence-corrected chi connectivity index (χ3v) is 15.4. The third-order valence-electron chi connectivity index (χ3n) is 15.4. The number of aromatic hydroxyl groups is 1. The summed E-state index contributed by atoms with van der Waals surface area (Å²) < 4.78 is 0. The monoisotopic (exact) mass is 842 g/mol. The second-order valence-electron chi connectivity index (χ2n) is 19.3. The summed E-state index contributed by atoms with van der Waals surface area (Å²) in [5.74, 6) is -1.73. The van der Waals surface area contributed by atoms with Crippen molar-refractivity contribution in [1.29, 1.82) is 0 Å². The van der Waals surface area contributed by atoms with Crippen LogP contribution >= 0.6 is 0 Å². The Balaban J connectivity index is 1.22. The minimum atomic E-state index is -1.85. The van der Waals surface area contributed by atoms with Crippen LogP contribution in [0.4, 0.5) is 0 Å². The quantitative estimate of drug-likeness (QED) is 0.0396. The molecule has 2 bridgehead atoms. The largest absolute Gasteiger partial charge is 0.508 e. The van der Waals surface area contributed by atoms with Gasteiger partial charge in [0.2, 0.25) is 0 Å². The number of phenolic OH excluding ortho intramolecular Hbond substituents is 1. The van der Waals surface area contributed by atoms with Gasteiger partial charge in [-0.1, -0.05) is 136 Å². The van der Waals surface area contributed by atoms with Crippen molar-refractivity contribution >= 4 is 24.4 Å². The molecule has 62 heavy (non-hydrogen) atoms. The molecule has 0 aliphatic heterocycles. The second-order valence-corrected chi connectivity index (χ2v) is 19.3. The predicted molar refractivity (Wildman–Crippen MR) is 249 cm³/mol. The Bertz CT molecular complexity index is 2170. The number of carboxylic acids is 1. The van der Waals surface area contributed by atoms with E-state index in [1.54, 1.807) is 0 Å². The van der Waals surface area contributed by atoms with Crippen LogP contribution in [-0.2, 0) is 27.8 Å². The van der Waals surface area contributed by atoms with Gasteiger partial charge in [0.25, 0.3) is 0 Å². The summed E-state index contributed by atoms with van der Waals surface area (Å²) >= 11 is 0. The number of carbonyl (C=O) groups is 2. The molecule has 0 radical (unpaired) electrons. The van der Waals surface area contributed by atoms with Gasteiger partial charge in [-0.25, -0.2) is 0 Å². The summed E-state index contributed by atoms with van der Waals surface area (Å²) in [6.07, 6.45) is 25.4. The maximum atomic E-state index is 13.7. The Hall–Kier alpha value is -4.30. The van der Waals surface area contributed by atoms with E-state index in [9.17, 15) is 30.0 Å². The standard InChI is InChI=1S/C55H71NO6/c1-2-3-5-16-45-34-44(23-24-51(45)58)50-31-38-12-10-19-48(30-38)55(27-25-43-32-40-14-8-9-15-41(40)33-47(43)35-55)52(54(61)62)49(53(59)60)20-11-18-39(50)13-6-4-7-17-46(36-57)42-22-21-37(29-42)26-28-56/h8-12,14-15,19-20,23-24,29-30,32-34,36,39,42-43,46-47,49-50,52-53,58-60H,2-7,13,16-18,21-22,25-28,31,35,56H2,1H3,(H,61,62)/t39-,42-,43+,46-,47-,49-,50?,52-,55+/m1/s1. The zero-order valence-electron chi connectivity index (χ0n) is 36.9. The first-order valence-electron chi connectivity index (χ1n) is 23.9. The van der Waals surface area contributed by atoms with Crippen LogP contribution in [0.1, 0.15) is 131 Å². The van der Waals surface area contributed by atoms with Gasteiger partial charge in [0.1, 0.15) is 12.0 Å². The molecule has 1 spiro atoms. The van der Waals surface area contributed by atoms with Crippen molar-refractivity contribution in [2.24, 2.45) is 47.2 Å². The van der Waals surface area contributed by atoms with Crippen LogP contribution in [-0.4, -0.2) is 45.5 Å². The van der Waals surface area contributed by atoms with E-state index in [0.717, 1.165) is 113 Å². The maximum Gasteiger partial charge on any atom is 0.308 e. The summed E-state index contributed by atoms with van der Waals surface area (Å²) in [5.41, 5.74) is 10.6. The van der Waals surface area contributed by atoms with E-state index in [1.807, 2.05) is 24.3 Å². The highest BCUT2D eigenvalue weighted by molar-refractivity contribution is 5.74. The molecule has 4 aliphatic rings. The van der Waals surface area contributed by atoms with Crippen molar-refractivity contribution in [3.8, 4) is 5.75 Å². The van der Waals surface area contributed by atoms with E-state index in [0.29, 0.717) is 37.5 Å². The summed E-state index contributed by atoms with van der Waals surface area (Å²) in [5, 5.41) is 47.0. The number of aliphatic hydroxyl groups is 2. The molecule has 1 fully saturated rings. The second kappa shape index (κ2) is 21.4.